The fourth-order valence-electron chi connectivity index (χ4n) is 1.33. The number of carboxylic acids is 1. The van der Waals surface area contributed by atoms with Gasteiger partial charge in [-0.2, -0.15) is 0 Å². The average Bonchev–Trinajstić information content (AvgIpc) is 2.20. The molecule has 0 unspecified atom stereocenters. The lowest BCUT2D eigenvalue weighted by Gasteiger charge is -2.12. The zero-order chi connectivity index (χ0) is 13.4. The standard InChI is InChI=1S/C11H13BrO4S/c1-6(2)17(15,16)10-5-8(11(13)14)4-9(12)7(10)3/h4-6H,1-3H3,(H,13,14). The van der Waals surface area contributed by atoms with Crippen molar-refractivity contribution in [2.45, 2.75) is 30.9 Å². The van der Waals surface area contributed by atoms with E-state index in [-0.39, 0.29) is 10.5 Å². The lowest BCUT2D eigenvalue weighted by Crippen LogP contribution is -2.16. The van der Waals surface area contributed by atoms with Crippen LogP contribution in [0.4, 0.5) is 0 Å². The molecule has 0 aliphatic carbocycles. The molecule has 0 aliphatic heterocycles. The molecule has 0 heterocycles. The molecule has 0 spiro atoms. The van der Waals surface area contributed by atoms with E-state index in [1.54, 1.807) is 20.8 Å². The maximum absolute atomic E-state index is 12.1. The molecular formula is C11H13BrO4S. The van der Waals surface area contributed by atoms with Gasteiger partial charge in [0.05, 0.1) is 15.7 Å². The van der Waals surface area contributed by atoms with E-state index in [1.165, 1.54) is 12.1 Å². The van der Waals surface area contributed by atoms with Crippen LogP contribution in [0.25, 0.3) is 0 Å². The molecule has 0 aliphatic rings. The molecule has 0 amide bonds. The first-order valence-corrected chi connectivity index (χ1v) is 7.29. The van der Waals surface area contributed by atoms with Gasteiger partial charge < -0.3 is 5.11 Å². The summed E-state index contributed by atoms with van der Waals surface area (Å²) in [5, 5.41) is 8.33. The maximum atomic E-state index is 12.1. The minimum absolute atomic E-state index is 0.0401. The van der Waals surface area contributed by atoms with Crippen molar-refractivity contribution >= 4 is 31.7 Å². The molecule has 17 heavy (non-hydrogen) atoms. The summed E-state index contributed by atoms with van der Waals surface area (Å²) >= 11 is 3.18. The van der Waals surface area contributed by atoms with Crippen molar-refractivity contribution < 1.29 is 18.3 Å². The van der Waals surface area contributed by atoms with Gasteiger partial charge in [0, 0.05) is 4.47 Å². The molecule has 4 nitrogen and oxygen atoms in total. The lowest BCUT2D eigenvalue weighted by molar-refractivity contribution is 0.0696. The highest BCUT2D eigenvalue weighted by molar-refractivity contribution is 9.10. The number of hydrogen-bond acceptors (Lipinski definition) is 3. The maximum Gasteiger partial charge on any atom is 0.335 e. The topological polar surface area (TPSA) is 71.4 Å². The van der Waals surface area contributed by atoms with E-state index in [4.69, 9.17) is 5.11 Å². The van der Waals surface area contributed by atoms with Crippen molar-refractivity contribution in [3.05, 3.63) is 27.7 Å². The Morgan fingerprint density at radius 3 is 2.29 bits per heavy atom. The fourth-order valence-corrected chi connectivity index (χ4v) is 3.25. The Balaban J connectivity index is 3.60. The second kappa shape index (κ2) is 4.78. The molecule has 94 valence electrons. The molecule has 0 atom stereocenters. The van der Waals surface area contributed by atoms with Gasteiger partial charge in [-0.3, -0.25) is 0 Å². The Labute approximate surface area is 109 Å². The number of carbonyl (C=O) groups is 1. The number of benzene rings is 1. The zero-order valence-electron chi connectivity index (χ0n) is 9.69. The molecule has 6 heteroatoms. The van der Waals surface area contributed by atoms with Crippen LogP contribution in [0, 0.1) is 6.92 Å². The Kier molecular flexibility index (Phi) is 3.99. The van der Waals surface area contributed by atoms with E-state index < -0.39 is 21.1 Å². The Morgan fingerprint density at radius 2 is 1.88 bits per heavy atom. The van der Waals surface area contributed by atoms with Gasteiger partial charge in [0.1, 0.15) is 0 Å². The first-order chi connectivity index (χ1) is 7.67. The van der Waals surface area contributed by atoms with Gasteiger partial charge in [-0.05, 0) is 38.5 Å². The smallest absolute Gasteiger partial charge is 0.335 e. The van der Waals surface area contributed by atoms with Gasteiger partial charge in [0.25, 0.3) is 0 Å². The predicted octanol–water partition coefficient (Wildman–Crippen LogP) is 2.64. The van der Waals surface area contributed by atoms with Crippen LogP contribution >= 0.6 is 15.9 Å². The third-order valence-electron chi connectivity index (χ3n) is 2.47. The summed E-state index contributed by atoms with van der Waals surface area (Å²) in [6, 6.07) is 2.61. The first-order valence-electron chi connectivity index (χ1n) is 4.95. The van der Waals surface area contributed by atoms with Crippen LogP contribution < -0.4 is 0 Å². The molecule has 0 bridgehead atoms. The highest BCUT2D eigenvalue weighted by atomic mass is 79.9. The van der Waals surface area contributed by atoms with Crippen LogP contribution in [-0.4, -0.2) is 24.7 Å². The largest absolute Gasteiger partial charge is 0.478 e. The SMILES string of the molecule is Cc1c(Br)cc(C(=O)O)cc1S(=O)(=O)C(C)C. The summed E-state index contributed by atoms with van der Waals surface area (Å²) < 4.78 is 24.6. The average molecular weight is 321 g/mol. The second-order valence-corrected chi connectivity index (χ2v) is 7.31. The molecule has 1 N–H and O–H groups in total. The van der Waals surface area contributed by atoms with Crippen molar-refractivity contribution in [1.29, 1.82) is 0 Å². The summed E-state index contributed by atoms with van der Waals surface area (Å²) in [6.07, 6.45) is 0. The minimum atomic E-state index is -3.48. The van der Waals surface area contributed by atoms with E-state index in [0.717, 1.165) is 0 Å². The Hall–Kier alpha value is -0.880. The first kappa shape index (κ1) is 14.2. The van der Waals surface area contributed by atoms with Crippen molar-refractivity contribution in [3.8, 4) is 0 Å². The van der Waals surface area contributed by atoms with Crippen LogP contribution in [0.15, 0.2) is 21.5 Å². The molecule has 0 radical (unpaired) electrons. The van der Waals surface area contributed by atoms with Crippen molar-refractivity contribution in [3.63, 3.8) is 0 Å². The highest BCUT2D eigenvalue weighted by Gasteiger charge is 2.24. The van der Waals surface area contributed by atoms with E-state index in [2.05, 4.69) is 15.9 Å². The predicted molar refractivity (Wildman–Crippen MR) is 68.2 cm³/mol. The van der Waals surface area contributed by atoms with E-state index in [9.17, 15) is 13.2 Å². The number of sulfone groups is 1. The molecule has 1 aromatic rings. The van der Waals surface area contributed by atoms with Gasteiger partial charge in [0.2, 0.25) is 0 Å². The molecule has 0 fully saturated rings. The van der Waals surface area contributed by atoms with Gasteiger partial charge in [-0.15, -0.1) is 0 Å². The van der Waals surface area contributed by atoms with Crippen LogP contribution in [-0.2, 0) is 9.84 Å². The number of aromatic carboxylic acids is 1. The number of halogens is 1. The normalized spacial score (nSPS) is 11.8. The van der Waals surface area contributed by atoms with Gasteiger partial charge in [0.15, 0.2) is 9.84 Å². The Morgan fingerprint density at radius 1 is 1.35 bits per heavy atom. The fraction of sp³-hybridized carbons (Fsp3) is 0.364. The van der Waals surface area contributed by atoms with Crippen LogP contribution in [0.3, 0.4) is 0 Å². The van der Waals surface area contributed by atoms with E-state index >= 15 is 0 Å². The van der Waals surface area contributed by atoms with Crippen LogP contribution in [0.1, 0.15) is 29.8 Å². The number of hydrogen-bond donors (Lipinski definition) is 1. The third-order valence-corrected chi connectivity index (χ3v) is 5.57. The van der Waals surface area contributed by atoms with Gasteiger partial charge >= 0.3 is 5.97 Å². The summed E-state index contributed by atoms with van der Waals surface area (Å²) in [6.45, 7) is 4.78. The van der Waals surface area contributed by atoms with E-state index in [0.29, 0.717) is 10.0 Å². The molecule has 0 aromatic heterocycles. The summed E-state index contributed by atoms with van der Waals surface area (Å²) in [4.78, 5) is 11.0. The quantitative estimate of drug-likeness (QED) is 0.929. The monoisotopic (exact) mass is 320 g/mol. The summed E-state index contributed by atoms with van der Waals surface area (Å²) in [5.74, 6) is -1.15. The molecule has 1 rings (SSSR count). The minimum Gasteiger partial charge on any atom is -0.478 e. The van der Waals surface area contributed by atoms with Gasteiger partial charge in [-0.1, -0.05) is 15.9 Å². The second-order valence-electron chi connectivity index (χ2n) is 3.98. The van der Waals surface area contributed by atoms with Crippen LogP contribution in [0.5, 0.6) is 0 Å². The highest BCUT2D eigenvalue weighted by Crippen LogP contribution is 2.28. The van der Waals surface area contributed by atoms with E-state index in [1.807, 2.05) is 0 Å². The van der Waals surface area contributed by atoms with Gasteiger partial charge in [-0.25, -0.2) is 13.2 Å². The molecule has 1 aromatic carbocycles. The van der Waals surface area contributed by atoms with Crippen LogP contribution in [0.2, 0.25) is 0 Å². The van der Waals surface area contributed by atoms with Crippen molar-refractivity contribution in [1.82, 2.24) is 0 Å². The third kappa shape index (κ3) is 2.69. The summed E-state index contributed by atoms with van der Waals surface area (Å²) in [5.41, 5.74) is 0.491. The number of carboxylic acid groups (broad SMARTS) is 1. The summed E-state index contributed by atoms with van der Waals surface area (Å²) in [7, 11) is -3.48. The lowest BCUT2D eigenvalue weighted by atomic mass is 10.1. The number of rotatable bonds is 3. The molecular weight excluding hydrogens is 308 g/mol. The Bertz CT molecular complexity index is 561. The molecule has 0 saturated heterocycles. The zero-order valence-corrected chi connectivity index (χ0v) is 12.1. The van der Waals surface area contributed by atoms with Crippen molar-refractivity contribution in [2.75, 3.05) is 0 Å². The van der Waals surface area contributed by atoms with Crippen molar-refractivity contribution in [2.24, 2.45) is 0 Å². The molecule has 0 saturated carbocycles.